The van der Waals surface area contributed by atoms with Crippen LogP contribution >= 0.6 is 0 Å². The molecule has 1 heterocycles. The molecule has 0 spiro atoms. The second-order valence-corrected chi connectivity index (χ2v) is 11.2. The average molecular weight is 420 g/mol. The zero-order chi connectivity index (χ0) is 21.0. The molecule has 3 fully saturated rings. The number of anilines is 1. The molecule has 2 atom stereocenters. The Hall–Kier alpha value is -1.93. The summed E-state index contributed by atoms with van der Waals surface area (Å²) in [6.07, 6.45) is 2.31. The third-order valence-corrected chi connectivity index (χ3v) is 9.66. The van der Waals surface area contributed by atoms with Crippen LogP contribution in [0.4, 0.5) is 5.69 Å². The normalized spacial score (nSPS) is 31.0. The summed E-state index contributed by atoms with van der Waals surface area (Å²) in [5.74, 6) is 0.0290. The molecule has 4 rings (SSSR count). The number of benzene rings is 1. The highest BCUT2D eigenvalue weighted by Crippen LogP contribution is 2.64. The molecule has 2 saturated carbocycles. The molecule has 2 bridgehead atoms. The fourth-order valence-electron chi connectivity index (χ4n) is 5.69. The molecular formula is C21H29N3O4S. The van der Waals surface area contributed by atoms with E-state index in [2.05, 4.69) is 19.0 Å². The van der Waals surface area contributed by atoms with Gasteiger partial charge in [0.25, 0.3) is 0 Å². The summed E-state index contributed by atoms with van der Waals surface area (Å²) < 4.78 is 28.0. The number of carbonyl (C=O) groups is 1. The van der Waals surface area contributed by atoms with Crippen LogP contribution in [0.2, 0.25) is 0 Å². The summed E-state index contributed by atoms with van der Waals surface area (Å²) in [7, 11) is -3.68. The molecule has 0 radical (unpaired) electrons. The van der Waals surface area contributed by atoms with E-state index in [1.54, 1.807) is 4.90 Å². The average Bonchev–Trinajstić information content (AvgIpc) is 3.03. The molecule has 158 valence electrons. The second kappa shape index (κ2) is 6.80. The number of amides is 1. The van der Waals surface area contributed by atoms with E-state index in [-0.39, 0.29) is 30.2 Å². The molecule has 1 N–H and O–H groups in total. The van der Waals surface area contributed by atoms with Gasteiger partial charge in [0.05, 0.1) is 18.0 Å². The van der Waals surface area contributed by atoms with Gasteiger partial charge < -0.3 is 10.1 Å². The number of aryl methyl sites for hydroxylation is 1. The third kappa shape index (κ3) is 2.99. The molecule has 7 nitrogen and oxygen atoms in total. The zero-order valence-corrected chi connectivity index (χ0v) is 18.1. The summed E-state index contributed by atoms with van der Waals surface area (Å²) in [6, 6.07) is 7.63. The monoisotopic (exact) mass is 419 g/mol. The van der Waals surface area contributed by atoms with Gasteiger partial charge >= 0.3 is 0 Å². The Kier molecular flexibility index (Phi) is 4.77. The summed E-state index contributed by atoms with van der Waals surface area (Å²) in [6.45, 7) is 6.57. The van der Waals surface area contributed by atoms with Gasteiger partial charge in [-0.05, 0) is 49.1 Å². The van der Waals surface area contributed by atoms with Crippen LogP contribution in [-0.4, -0.2) is 54.9 Å². The van der Waals surface area contributed by atoms with E-state index in [0.29, 0.717) is 31.0 Å². The lowest BCUT2D eigenvalue weighted by Gasteiger charge is -2.40. The van der Waals surface area contributed by atoms with E-state index in [0.717, 1.165) is 17.7 Å². The number of carbonyl (C=O) groups excluding carboxylic acids is 1. The van der Waals surface area contributed by atoms with E-state index in [9.17, 15) is 18.4 Å². The second-order valence-electron chi connectivity index (χ2n) is 9.21. The first-order valence-electron chi connectivity index (χ1n) is 10.2. The highest BCUT2D eigenvalue weighted by molar-refractivity contribution is 7.89. The van der Waals surface area contributed by atoms with Crippen molar-refractivity contribution in [2.24, 2.45) is 21.9 Å². The number of fused-ring (bicyclic) bond motifs is 2. The summed E-state index contributed by atoms with van der Waals surface area (Å²) in [5.41, 5.74) is 1.53. The fourth-order valence-corrected chi connectivity index (χ4v) is 7.84. The molecule has 1 aromatic rings. The van der Waals surface area contributed by atoms with E-state index in [1.165, 1.54) is 4.31 Å². The van der Waals surface area contributed by atoms with Crippen LogP contribution in [-0.2, 0) is 14.8 Å². The van der Waals surface area contributed by atoms with Crippen molar-refractivity contribution in [1.29, 1.82) is 0 Å². The van der Waals surface area contributed by atoms with Gasteiger partial charge in [-0.25, -0.2) is 8.42 Å². The maximum absolute atomic E-state index is 13.3. The SMILES string of the molecule is Cc1ccccc1N1CCN(S(=O)(=O)CC23CCC(C/C2=N/O)C3(C)C)CC1=O. The summed E-state index contributed by atoms with van der Waals surface area (Å²) >= 11 is 0. The van der Waals surface area contributed by atoms with Crippen molar-refractivity contribution in [3.8, 4) is 0 Å². The minimum absolute atomic E-state index is 0.0967. The molecule has 8 heteroatoms. The smallest absolute Gasteiger partial charge is 0.242 e. The first-order chi connectivity index (χ1) is 13.6. The number of hydrogen-bond acceptors (Lipinski definition) is 5. The molecule has 3 aliphatic rings. The Morgan fingerprint density at radius 1 is 1.24 bits per heavy atom. The maximum Gasteiger partial charge on any atom is 0.242 e. The lowest BCUT2D eigenvalue weighted by molar-refractivity contribution is -0.120. The Bertz CT molecular complexity index is 972. The zero-order valence-electron chi connectivity index (χ0n) is 17.3. The molecule has 0 aromatic heterocycles. The van der Waals surface area contributed by atoms with Crippen LogP contribution < -0.4 is 4.90 Å². The summed E-state index contributed by atoms with van der Waals surface area (Å²) in [5, 5.41) is 13.0. The van der Waals surface area contributed by atoms with Crippen molar-refractivity contribution in [3.05, 3.63) is 29.8 Å². The molecule has 29 heavy (non-hydrogen) atoms. The van der Waals surface area contributed by atoms with Crippen LogP contribution in [0, 0.1) is 23.7 Å². The van der Waals surface area contributed by atoms with Gasteiger partial charge in [0.1, 0.15) is 0 Å². The van der Waals surface area contributed by atoms with Crippen molar-refractivity contribution >= 4 is 27.3 Å². The Morgan fingerprint density at radius 2 is 1.97 bits per heavy atom. The predicted molar refractivity (Wildman–Crippen MR) is 112 cm³/mol. The van der Waals surface area contributed by atoms with Gasteiger partial charge in [-0.2, -0.15) is 4.31 Å². The largest absolute Gasteiger partial charge is 0.411 e. The number of hydrogen-bond donors (Lipinski definition) is 1. The Labute approximate surface area is 172 Å². The topological polar surface area (TPSA) is 90.3 Å². The molecule has 1 aromatic carbocycles. The lowest BCUT2D eigenvalue weighted by atomic mass is 9.70. The van der Waals surface area contributed by atoms with Gasteiger partial charge in [-0.3, -0.25) is 4.79 Å². The van der Waals surface area contributed by atoms with Crippen molar-refractivity contribution < 1.29 is 18.4 Å². The van der Waals surface area contributed by atoms with E-state index in [1.807, 2.05) is 31.2 Å². The van der Waals surface area contributed by atoms with Gasteiger partial charge in [0.2, 0.25) is 15.9 Å². The molecule has 2 unspecified atom stereocenters. The maximum atomic E-state index is 13.3. The van der Waals surface area contributed by atoms with Crippen molar-refractivity contribution in [1.82, 2.24) is 4.31 Å². The van der Waals surface area contributed by atoms with Gasteiger partial charge in [-0.15, -0.1) is 0 Å². The minimum Gasteiger partial charge on any atom is -0.411 e. The first-order valence-corrected chi connectivity index (χ1v) is 11.8. The standard InChI is InChI=1S/C21H29N3O4S/c1-15-6-4-5-7-17(15)24-11-10-23(13-19(24)25)29(27,28)14-21-9-8-16(20(21,2)3)12-18(21)22-26/h4-7,16,26H,8-14H2,1-3H3/b22-18-. The van der Waals surface area contributed by atoms with Gasteiger partial charge in [-0.1, -0.05) is 37.2 Å². The van der Waals surface area contributed by atoms with Crippen LogP contribution in [0.3, 0.4) is 0 Å². The van der Waals surface area contributed by atoms with Crippen LogP contribution in [0.15, 0.2) is 29.4 Å². The van der Waals surface area contributed by atoms with Crippen LogP contribution in [0.1, 0.15) is 38.7 Å². The van der Waals surface area contributed by atoms with Crippen LogP contribution in [0.25, 0.3) is 0 Å². The fraction of sp³-hybridized carbons (Fsp3) is 0.619. The van der Waals surface area contributed by atoms with E-state index in [4.69, 9.17) is 0 Å². The highest BCUT2D eigenvalue weighted by atomic mass is 32.2. The van der Waals surface area contributed by atoms with Crippen molar-refractivity contribution in [3.63, 3.8) is 0 Å². The van der Waals surface area contributed by atoms with E-state index < -0.39 is 15.4 Å². The first kappa shape index (κ1) is 20.3. The van der Waals surface area contributed by atoms with E-state index >= 15 is 0 Å². The number of sulfonamides is 1. The molecule has 2 aliphatic carbocycles. The third-order valence-electron chi connectivity index (χ3n) is 7.70. The lowest BCUT2D eigenvalue weighted by Crippen LogP contribution is -2.55. The molecule has 1 amide bonds. The minimum atomic E-state index is -3.68. The molecule has 1 aliphatic heterocycles. The van der Waals surface area contributed by atoms with Crippen LogP contribution in [0.5, 0.6) is 0 Å². The van der Waals surface area contributed by atoms with Crippen molar-refractivity contribution in [2.45, 2.75) is 40.0 Å². The number of piperazine rings is 1. The Morgan fingerprint density at radius 3 is 2.59 bits per heavy atom. The van der Waals surface area contributed by atoms with Crippen molar-refractivity contribution in [2.75, 3.05) is 30.3 Å². The number of nitrogens with zero attached hydrogens (tertiary/aromatic N) is 3. The Balaban J connectivity index is 1.55. The predicted octanol–water partition coefficient (Wildman–Crippen LogP) is 2.63. The number of para-hydroxylation sites is 1. The number of rotatable bonds is 4. The van der Waals surface area contributed by atoms with Gasteiger partial charge in [0.15, 0.2) is 0 Å². The quantitative estimate of drug-likeness (QED) is 0.600. The molecule has 1 saturated heterocycles. The highest BCUT2D eigenvalue weighted by Gasteiger charge is 2.64. The number of oxime groups is 1. The molecular weight excluding hydrogens is 390 g/mol. The summed E-state index contributed by atoms with van der Waals surface area (Å²) in [4.78, 5) is 14.5. The van der Waals surface area contributed by atoms with Gasteiger partial charge in [0, 0.05) is 24.2 Å².